The summed E-state index contributed by atoms with van der Waals surface area (Å²) in [4.78, 5) is 13.7. The fourth-order valence-corrected chi connectivity index (χ4v) is 2.63. The topological polar surface area (TPSA) is 20.3 Å². The molecule has 2 unspecified atom stereocenters. The SMILES string of the molecule is CCc1ccc(C(C)N2CC(S)CC2=O)cc1. The molecule has 0 spiro atoms. The molecule has 0 aliphatic carbocycles. The van der Waals surface area contributed by atoms with Crippen molar-refractivity contribution in [3.63, 3.8) is 0 Å². The number of hydrogen-bond acceptors (Lipinski definition) is 2. The molecule has 1 fully saturated rings. The monoisotopic (exact) mass is 249 g/mol. The Morgan fingerprint density at radius 1 is 1.41 bits per heavy atom. The van der Waals surface area contributed by atoms with Crippen molar-refractivity contribution < 1.29 is 4.79 Å². The van der Waals surface area contributed by atoms with E-state index in [-0.39, 0.29) is 17.2 Å². The lowest BCUT2D eigenvalue weighted by molar-refractivity contribution is -0.129. The standard InChI is InChI=1S/C14H19NOS/c1-3-11-4-6-12(7-5-11)10(2)15-9-13(17)8-14(15)16/h4-7,10,13,17H,3,8-9H2,1-2H3. The molecule has 1 aliphatic rings. The molecule has 0 N–H and O–H groups in total. The first-order valence-corrected chi connectivity index (χ1v) is 6.69. The van der Waals surface area contributed by atoms with Crippen LogP contribution in [0.15, 0.2) is 24.3 Å². The number of carbonyl (C=O) groups is 1. The summed E-state index contributed by atoms with van der Waals surface area (Å²) in [5, 5.41) is 0.194. The summed E-state index contributed by atoms with van der Waals surface area (Å²) >= 11 is 4.39. The Kier molecular flexibility index (Phi) is 3.77. The van der Waals surface area contributed by atoms with Crippen molar-refractivity contribution in [2.45, 2.75) is 38.0 Å². The van der Waals surface area contributed by atoms with E-state index in [9.17, 15) is 4.79 Å². The second-order valence-electron chi connectivity index (χ2n) is 4.68. The Balaban J connectivity index is 2.13. The smallest absolute Gasteiger partial charge is 0.224 e. The number of rotatable bonds is 3. The lowest BCUT2D eigenvalue weighted by Crippen LogP contribution is -2.28. The van der Waals surface area contributed by atoms with Gasteiger partial charge in [0.1, 0.15) is 0 Å². The lowest BCUT2D eigenvalue weighted by atomic mass is 10.0. The van der Waals surface area contributed by atoms with E-state index in [4.69, 9.17) is 0 Å². The molecule has 1 aromatic carbocycles. The largest absolute Gasteiger partial charge is 0.335 e. The minimum atomic E-state index is 0.158. The number of benzene rings is 1. The van der Waals surface area contributed by atoms with Crippen LogP contribution in [0.4, 0.5) is 0 Å². The first-order chi connectivity index (χ1) is 8.11. The fraction of sp³-hybridized carbons (Fsp3) is 0.500. The summed E-state index contributed by atoms with van der Waals surface area (Å²) in [6.07, 6.45) is 1.62. The summed E-state index contributed by atoms with van der Waals surface area (Å²) in [7, 11) is 0. The first kappa shape index (κ1) is 12.5. The molecule has 2 nitrogen and oxygen atoms in total. The number of likely N-dealkylation sites (tertiary alicyclic amines) is 1. The molecule has 1 saturated heterocycles. The highest BCUT2D eigenvalue weighted by molar-refractivity contribution is 7.81. The summed E-state index contributed by atoms with van der Waals surface area (Å²) in [6, 6.07) is 8.70. The molecular formula is C14H19NOS. The van der Waals surface area contributed by atoms with Crippen LogP contribution in [-0.2, 0) is 11.2 Å². The van der Waals surface area contributed by atoms with Crippen LogP contribution in [0.5, 0.6) is 0 Å². The molecule has 1 heterocycles. The average molecular weight is 249 g/mol. The van der Waals surface area contributed by atoms with E-state index in [0.29, 0.717) is 6.42 Å². The summed E-state index contributed by atoms with van der Waals surface area (Å²) in [6.45, 7) is 5.00. The molecule has 2 rings (SSSR count). The molecule has 17 heavy (non-hydrogen) atoms. The molecule has 92 valence electrons. The van der Waals surface area contributed by atoms with E-state index in [1.54, 1.807) is 0 Å². The second-order valence-corrected chi connectivity index (χ2v) is 5.41. The fourth-order valence-electron chi connectivity index (χ4n) is 2.30. The highest BCUT2D eigenvalue weighted by atomic mass is 32.1. The van der Waals surface area contributed by atoms with Crippen LogP contribution >= 0.6 is 12.6 Å². The Labute approximate surface area is 108 Å². The van der Waals surface area contributed by atoms with Crippen molar-refractivity contribution in [3.05, 3.63) is 35.4 Å². The van der Waals surface area contributed by atoms with E-state index < -0.39 is 0 Å². The number of aryl methyl sites for hydroxylation is 1. The van der Waals surface area contributed by atoms with Crippen molar-refractivity contribution >= 4 is 18.5 Å². The van der Waals surface area contributed by atoms with Gasteiger partial charge >= 0.3 is 0 Å². The van der Waals surface area contributed by atoms with Crippen molar-refractivity contribution in [1.29, 1.82) is 0 Å². The quantitative estimate of drug-likeness (QED) is 0.817. The Bertz CT molecular complexity index is 401. The highest BCUT2D eigenvalue weighted by Gasteiger charge is 2.31. The molecule has 1 aromatic rings. The molecule has 3 heteroatoms. The van der Waals surface area contributed by atoms with Crippen molar-refractivity contribution in [2.24, 2.45) is 0 Å². The maximum Gasteiger partial charge on any atom is 0.224 e. The van der Waals surface area contributed by atoms with E-state index in [0.717, 1.165) is 13.0 Å². The van der Waals surface area contributed by atoms with E-state index in [2.05, 4.69) is 50.7 Å². The number of hydrogen-bond donors (Lipinski definition) is 1. The second kappa shape index (κ2) is 5.13. The predicted octanol–water partition coefficient (Wildman–Crippen LogP) is 2.84. The Morgan fingerprint density at radius 3 is 2.53 bits per heavy atom. The number of thiol groups is 1. The van der Waals surface area contributed by atoms with Crippen LogP contribution < -0.4 is 0 Å². The molecule has 0 saturated carbocycles. The number of nitrogens with zero attached hydrogens (tertiary/aromatic N) is 1. The molecule has 1 amide bonds. The van der Waals surface area contributed by atoms with Crippen LogP contribution in [0.2, 0.25) is 0 Å². The summed E-state index contributed by atoms with van der Waals surface area (Å²) in [5.74, 6) is 0.220. The molecule has 0 aromatic heterocycles. The van der Waals surface area contributed by atoms with Gasteiger partial charge in [0.2, 0.25) is 5.91 Å². The molecular weight excluding hydrogens is 230 g/mol. The first-order valence-electron chi connectivity index (χ1n) is 6.18. The maximum absolute atomic E-state index is 11.8. The maximum atomic E-state index is 11.8. The van der Waals surface area contributed by atoms with Gasteiger partial charge in [-0.15, -0.1) is 0 Å². The van der Waals surface area contributed by atoms with Crippen LogP contribution in [0.25, 0.3) is 0 Å². The third kappa shape index (κ3) is 2.65. The van der Waals surface area contributed by atoms with E-state index in [1.807, 2.05) is 4.90 Å². The van der Waals surface area contributed by atoms with E-state index in [1.165, 1.54) is 11.1 Å². The van der Waals surface area contributed by atoms with Gasteiger partial charge in [-0.05, 0) is 24.5 Å². The minimum Gasteiger partial charge on any atom is -0.335 e. The zero-order valence-electron chi connectivity index (χ0n) is 10.4. The van der Waals surface area contributed by atoms with Gasteiger partial charge in [0.25, 0.3) is 0 Å². The van der Waals surface area contributed by atoms with Crippen LogP contribution in [0.1, 0.15) is 37.4 Å². The minimum absolute atomic E-state index is 0.158. The Morgan fingerprint density at radius 2 is 2.06 bits per heavy atom. The van der Waals surface area contributed by atoms with Gasteiger partial charge in [-0.25, -0.2) is 0 Å². The van der Waals surface area contributed by atoms with Gasteiger partial charge in [-0.1, -0.05) is 31.2 Å². The molecule has 0 radical (unpaired) electrons. The van der Waals surface area contributed by atoms with Gasteiger partial charge < -0.3 is 4.90 Å². The zero-order chi connectivity index (χ0) is 12.4. The van der Waals surface area contributed by atoms with Gasteiger partial charge in [0.05, 0.1) is 6.04 Å². The lowest BCUT2D eigenvalue weighted by Gasteiger charge is -2.25. The van der Waals surface area contributed by atoms with Gasteiger partial charge in [-0.2, -0.15) is 12.6 Å². The third-order valence-corrected chi connectivity index (χ3v) is 3.82. The average Bonchev–Trinajstić information content (AvgIpc) is 2.68. The summed E-state index contributed by atoms with van der Waals surface area (Å²) < 4.78 is 0. The zero-order valence-corrected chi connectivity index (χ0v) is 11.3. The van der Waals surface area contributed by atoms with Crippen molar-refractivity contribution in [3.8, 4) is 0 Å². The number of amides is 1. The van der Waals surface area contributed by atoms with Crippen molar-refractivity contribution in [2.75, 3.05) is 6.54 Å². The number of carbonyl (C=O) groups excluding carboxylic acids is 1. The third-order valence-electron chi connectivity index (χ3n) is 3.48. The van der Waals surface area contributed by atoms with E-state index >= 15 is 0 Å². The predicted molar refractivity (Wildman–Crippen MR) is 73.3 cm³/mol. The van der Waals surface area contributed by atoms with Gasteiger partial charge in [0.15, 0.2) is 0 Å². The normalized spacial score (nSPS) is 21.9. The van der Waals surface area contributed by atoms with Crippen LogP contribution in [0, 0.1) is 0 Å². The van der Waals surface area contributed by atoms with Crippen LogP contribution in [-0.4, -0.2) is 22.6 Å². The van der Waals surface area contributed by atoms with Crippen LogP contribution in [0.3, 0.4) is 0 Å². The molecule has 0 bridgehead atoms. The summed E-state index contributed by atoms with van der Waals surface area (Å²) in [5.41, 5.74) is 2.54. The van der Waals surface area contributed by atoms with Gasteiger partial charge in [-0.3, -0.25) is 4.79 Å². The highest BCUT2D eigenvalue weighted by Crippen LogP contribution is 2.27. The van der Waals surface area contributed by atoms with Crippen molar-refractivity contribution in [1.82, 2.24) is 4.90 Å². The molecule has 1 aliphatic heterocycles. The van der Waals surface area contributed by atoms with Gasteiger partial charge in [0, 0.05) is 18.2 Å². The Hall–Kier alpha value is -0.960. The molecule has 2 atom stereocenters.